The highest BCUT2D eigenvalue weighted by atomic mass is 19.1. The summed E-state index contributed by atoms with van der Waals surface area (Å²) in [6.07, 6.45) is 6.92. The highest BCUT2D eigenvalue weighted by Crippen LogP contribution is 2.26. The molecule has 2 aromatic carbocycles. The quantitative estimate of drug-likeness (QED) is 0.242. The van der Waals surface area contributed by atoms with Crippen LogP contribution in [0.1, 0.15) is 59.3 Å². The Labute approximate surface area is 198 Å². The monoisotopic (exact) mass is 465 g/mol. The van der Waals surface area contributed by atoms with Crippen LogP contribution >= 0.6 is 0 Å². The molecule has 0 radical (unpaired) electrons. The second-order valence-electron chi connectivity index (χ2n) is 8.35. The lowest BCUT2D eigenvalue weighted by Gasteiger charge is -2.21. The number of ether oxygens (including phenoxy) is 2. The van der Waals surface area contributed by atoms with Crippen molar-refractivity contribution in [3.63, 3.8) is 0 Å². The molecule has 1 saturated carbocycles. The fourth-order valence-corrected chi connectivity index (χ4v) is 3.88. The Balaban J connectivity index is 1.32. The van der Waals surface area contributed by atoms with E-state index < -0.39 is 0 Å². The number of aromatic nitrogens is 2. The van der Waals surface area contributed by atoms with Gasteiger partial charge < -0.3 is 14.3 Å². The second-order valence-corrected chi connectivity index (χ2v) is 8.35. The van der Waals surface area contributed by atoms with Gasteiger partial charge in [0.05, 0.1) is 23.0 Å². The van der Waals surface area contributed by atoms with E-state index in [0.29, 0.717) is 28.5 Å². The molecular formula is C26H28FN3O4. The van der Waals surface area contributed by atoms with E-state index in [1.165, 1.54) is 24.8 Å². The van der Waals surface area contributed by atoms with Crippen molar-refractivity contribution in [1.82, 2.24) is 9.78 Å². The molecule has 3 aromatic rings. The first-order chi connectivity index (χ1) is 16.5. The van der Waals surface area contributed by atoms with Gasteiger partial charge in [-0.3, -0.25) is 0 Å². The van der Waals surface area contributed by atoms with Gasteiger partial charge in [-0.05, 0) is 74.6 Å². The number of carbonyl (C=O) groups is 1. The number of esters is 1. The first-order valence-electron chi connectivity index (χ1n) is 11.4. The van der Waals surface area contributed by atoms with E-state index in [9.17, 15) is 9.18 Å². The summed E-state index contributed by atoms with van der Waals surface area (Å²) in [6.45, 7) is 2.08. The number of nitrogens with zero attached hydrogens (tertiary/aromatic N) is 3. The molecule has 1 heterocycles. The summed E-state index contributed by atoms with van der Waals surface area (Å²) in [6, 6.07) is 12.9. The largest absolute Gasteiger partial charge is 0.459 e. The maximum Gasteiger partial charge on any atom is 0.338 e. The molecule has 8 heteroatoms. The summed E-state index contributed by atoms with van der Waals surface area (Å²) >= 11 is 0. The van der Waals surface area contributed by atoms with Crippen molar-refractivity contribution in [2.45, 2.75) is 51.7 Å². The molecule has 0 atom stereocenters. The number of aryl methyl sites for hydroxylation is 2. The Kier molecular flexibility index (Phi) is 7.57. The summed E-state index contributed by atoms with van der Waals surface area (Å²) in [5.74, 6) is 0.343. The van der Waals surface area contributed by atoms with Crippen molar-refractivity contribution < 1.29 is 23.5 Å². The van der Waals surface area contributed by atoms with Crippen LogP contribution in [-0.2, 0) is 23.2 Å². The Morgan fingerprint density at radius 2 is 1.82 bits per heavy atom. The van der Waals surface area contributed by atoms with Crippen LogP contribution in [0.15, 0.2) is 53.7 Å². The number of benzene rings is 2. The zero-order valence-electron chi connectivity index (χ0n) is 19.4. The van der Waals surface area contributed by atoms with Crippen LogP contribution in [0.2, 0.25) is 0 Å². The molecule has 0 aliphatic heterocycles. The lowest BCUT2D eigenvalue weighted by Crippen LogP contribution is -2.20. The molecule has 1 fully saturated rings. The lowest BCUT2D eigenvalue weighted by atomic mass is 9.98. The standard InChI is InChI=1S/C26H28FN3O4/c1-18-24(25(30(2)29-18)33-23-14-12-21(27)13-15-23)16-28-32-17-19-8-10-20(11-9-19)26(31)34-22-6-4-3-5-7-22/h8-16,22H,3-7,17H2,1-2H3. The fourth-order valence-electron chi connectivity index (χ4n) is 3.88. The van der Waals surface area contributed by atoms with Crippen LogP contribution in [0.4, 0.5) is 4.39 Å². The van der Waals surface area contributed by atoms with E-state index in [1.807, 2.05) is 19.1 Å². The summed E-state index contributed by atoms with van der Waals surface area (Å²) < 4.78 is 26.2. The van der Waals surface area contributed by atoms with Gasteiger partial charge in [-0.15, -0.1) is 0 Å². The molecule has 178 valence electrons. The Morgan fingerprint density at radius 3 is 2.53 bits per heavy atom. The van der Waals surface area contributed by atoms with Gasteiger partial charge in [0.2, 0.25) is 5.88 Å². The second kappa shape index (κ2) is 11.0. The van der Waals surface area contributed by atoms with Crippen LogP contribution in [-0.4, -0.2) is 28.1 Å². The summed E-state index contributed by atoms with van der Waals surface area (Å²) in [4.78, 5) is 17.8. The predicted octanol–water partition coefficient (Wildman–Crippen LogP) is 5.70. The van der Waals surface area contributed by atoms with Crippen molar-refractivity contribution in [3.05, 3.63) is 76.7 Å². The van der Waals surface area contributed by atoms with Gasteiger partial charge in [0, 0.05) is 7.05 Å². The van der Waals surface area contributed by atoms with E-state index in [4.69, 9.17) is 14.3 Å². The van der Waals surface area contributed by atoms with Crippen molar-refractivity contribution in [3.8, 4) is 11.6 Å². The smallest absolute Gasteiger partial charge is 0.338 e. The van der Waals surface area contributed by atoms with E-state index >= 15 is 0 Å². The molecule has 0 N–H and O–H groups in total. The summed E-state index contributed by atoms with van der Waals surface area (Å²) in [7, 11) is 1.75. The van der Waals surface area contributed by atoms with Gasteiger partial charge in [0.1, 0.15) is 24.3 Å². The Hall–Kier alpha value is -3.68. The van der Waals surface area contributed by atoms with Gasteiger partial charge >= 0.3 is 5.97 Å². The van der Waals surface area contributed by atoms with Gasteiger partial charge in [-0.2, -0.15) is 5.10 Å². The number of rotatable bonds is 8. The van der Waals surface area contributed by atoms with Crippen LogP contribution in [0.25, 0.3) is 0 Å². The molecule has 0 spiro atoms. The maximum absolute atomic E-state index is 13.2. The van der Waals surface area contributed by atoms with E-state index in [0.717, 1.165) is 31.2 Å². The third kappa shape index (κ3) is 6.01. The van der Waals surface area contributed by atoms with Gasteiger partial charge in [-0.1, -0.05) is 23.7 Å². The minimum Gasteiger partial charge on any atom is -0.459 e. The predicted molar refractivity (Wildman–Crippen MR) is 126 cm³/mol. The maximum atomic E-state index is 13.2. The third-order valence-corrected chi connectivity index (χ3v) is 5.75. The molecule has 0 saturated heterocycles. The molecule has 1 aromatic heterocycles. The summed E-state index contributed by atoms with van der Waals surface area (Å²) in [5.41, 5.74) is 2.78. The number of hydrogen-bond donors (Lipinski definition) is 0. The number of hydrogen-bond acceptors (Lipinski definition) is 6. The molecule has 0 bridgehead atoms. The minimum absolute atomic E-state index is 0.0338. The molecule has 1 aliphatic rings. The highest BCUT2D eigenvalue weighted by molar-refractivity contribution is 5.89. The highest BCUT2D eigenvalue weighted by Gasteiger charge is 2.19. The third-order valence-electron chi connectivity index (χ3n) is 5.75. The molecule has 0 amide bonds. The average molecular weight is 466 g/mol. The Bertz CT molecular complexity index is 1130. The SMILES string of the molecule is Cc1nn(C)c(Oc2ccc(F)cc2)c1C=NOCc1ccc(C(=O)OC2CCCCC2)cc1. The van der Waals surface area contributed by atoms with Crippen molar-refractivity contribution in [2.75, 3.05) is 0 Å². The van der Waals surface area contributed by atoms with E-state index in [1.54, 1.807) is 36.0 Å². The normalized spacial score (nSPS) is 14.3. The van der Waals surface area contributed by atoms with Crippen LogP contribution in [0.5, 0.6) is 11.6 Å². The topological polar surface area (TPSA) is 74.9 Å². The van der Waals surface area contributed by atoms with Crippen molar-refractivity contribution >= 4 is 12.2 Å². The van der Waals surface area contributed by atoms with Crippen molar-refractivity contribution in [1.29, 1.82) is 0 Å². The van der Waals surface area contributed by atoms with Crippen LogP contribution < -0.4 is 4.74 Å². The molecule has 34 heavy (non-hydrogen) atoms. The number of halogens is 1. The Morgan fingerprint density at radius 1 is 1.12 bits per heavy atom. The van der Waals surface area contributed by atoms with Crippen molar-refractivity contribution in [2.24, 2.45) is 12.2 Å². The molecule has 7 nitrogen and oxygen atoms in total. The van der Waals surface area contributed by atoms with Gasteiger partial charge in [0.15, 0.2) is 0 Å². The van der Waals surface area contributed by atoms with Crippen LogP contribution in [0.3, 0.4) is 0 Å². The number of carbonyl (C=O) groups excluding carboxylic acids is 1. The minimum atomic E-state index is -0.335. The van der Waals surface area contributed by atoms with E-state index in [2.05, 4.69) is 10.3 Å². The summed E-state index contributed by atoms with van der Waals surface area (Å²) in [5, 5.41) is 8.41. The fraction of sp³-hybridized carbons (Fsp3) is 0.346. The first kappa shape index (κ1) is 23.5. The molecule has 0 unspecified atom stereocenters. The van der Waals surface area contributed by atoms with Gasteiger partial charge in [0.25, 0.3) is 0 Å². The molecular weight excluding hydrogens is 437 g/mol. The average Bonchev–Trinajstić information content (AvgIpc) is 3.11. The zero-order valence-corrected chi connectivity index (χ0v) is 19.4. The lowest BCUT2D eigenvalue weighted by molar-refractivity contribution is 0.0211. The molecule has 1 aliphatic carbocycles. The number of oxime groups is 1. The van der Waals surface area contributed by atoms with E-state index in [-0.39, 0.29) is 24.5 Å². The van der Waals surface area contributed by atoms with Gasteiger partial charge in [-0.25, -0.2) is 13.9 Å². The first-order valence-corrected chi connectivity index (χ1v) is 11.4. The van der Waals surface area contributed by atoms with Crippen LogP contribution in [0, 0.1) is 12.7 Å². The molecule has 4 rings (SSSR count). The zero-order chi connectivity index (χ0) is 23.9.